The predicted octanol–water partition coefficient (Wildman–Crippen LogP) is 6.74. The second-order valence-electron chi connectivity index (χ2n) is 8.19. The molecule has 0 unspecified atom stereocenters. The van der Waals surface area contributed by atoms with Crippen molar-refractivity contribution >= 4 is 27.8 Å². The van der Waals surface area contributed by atoms with Crippen LogP contribution in [0, 0.1) is 28.5 Å². The molecule has 4 aromatic carbocycles. The van der Waals surface area contributed by atoms with Gasteiger partial charge in [0.05, 0.1) is 28.5 Å². The molecule has 0 amide bonds. The van der Waals surface area contributed by atoms with Gasteiger partial charge in [0.1, 0.15) is 18.0 Å². The van der Waals surface area contributed by atoms with Crippen molar-refractivity contribution in [3.05, 3.63) is 90.0 Å². The zero-order chi connectivity index (χ0) is 23.7. The zero-order valence-corrected chi connectivity index (χ0v) is 18.0. The molecule has 0 atom stereocenters. The monoisotopic (exact) mass is 453 g/mol. The molecule has 0 saturated heterocycles. The summed E-state index contributed by atoms with van der Waals surface area (Å²) in [4.78, 5) is 10.8. The Labute approximate surface area is 198 Å². The minimum atomic E-state index is -0.393. The summed E-state index contributed by atoms with van der Waals surface area (Å²) in [7, 11) is 0. The van der Waals surface area contributed by atoms with Crippen molar-refractivity contribution in [2.24, 2.45) is 0 Å². The van der Waals surface area contributed by atoms with E-state index in [1.807, 2.05) is 77.7 Å². The molecule has 6 nitrogen and oxygen atoms in total. The van der Waals surface area contributed by atoms with Gasteiger partial charge in [0.2, 0.25) is 0 Å². The largest absolute Gasteiger partial charge is 0.453 e. The number of nitriles is 2. The molecule has 0 spiro atoms. The van der Waals surface area contributed by atoms with Crippen LogP contribution < -0.4 is 9.64 Å². The fourth-order valence-electron chi connectivity index (χ4n) is 4.95. The Hall–Kier alpha value is -5.27. The van der Waals surface area contributed by atoms with Gasteiger partial charge in [0.15, 0.2) is 22.9 Å². The molecule has 1 aliphatic heterocycles. The first kappa shape index (κ1) is 19.2. The average molecular weight is 453 g/mol. The van der Waals surface area contributed by atoms with Crippen LogP contribution in [0.15, 0.2) is 72.8 Å². The second kappa shape index (κ2) is 6.86. The van der Waals surface area contributed by atoms with Crippen LogP contribution in [0.25, 0.3) is 33.3 Å². The maximum atomic E-state index is 15.7. The van der Waals surface area contributed by atoms with Crippen LogP contribution in [0.5, 0.6) is 11.5 Å². The van der Waals surface area contributed by atoms with Gasteiger partial charge < -0.3 is 9.64 Å². The molecule has 0 fully saturated rings. The van der Waals surface area contributed by atoms with Crippen molar-refractivity contribution in [3.63, 3.8) is 0 Å². The summed E-state index contributed by atoms with van der Waals surface area (Å²) >= 11 is 0. The molecule has 162 valence electrons. The van der Waals surface area contributed by atoms with E-state index in [0.29, 0.717) is 50.5 Å². The van der Waals surface area contributed by atoms with Gasteiger partial charge in [0.25, 0.3) is 0 Å². The summed E-state index contributed by atoms with van der Waals surface area (Å²) in [5, 5.41) is 20.0. The standard InChI is InChI=1S/C28H12FN5O/c29-17-11-9-15-25-16(28-27(15)32-18(13-30)19(14-31)33-28)10-12-22(26(17)25)34-20-5-1-3-7-23(20)35-24-8-4-2-6-21(24)34/h1-12H. The molecule has 0 radical (unpaired) electrons. The van der Waals surface area contributed by atoms with Crippen molar-refractivity contribution in [2.45, 2.75) is 0 Å². The highest BCUT2D eigenvalue weighted by Gasteiger charge is 2.32. The van der Waals surface area contributed by atoms with E-state index in [0.717, 1.165) is 11.4 Å². The Morgan fingerprint density at radius 3 is 1.77 bits per heavy atom. The van der Waals surface area contributed by atoms with Crippen molar-refractivity contribution < 1.29 is 9.13 Å². The number of para-hydroxylation sites is 4. The third-order valence-corrected chi connectivity index (χ3v) is 6.38. The topological polar surface area (TPSA) is 85.8 Å². The molecule has 35 heavy (non-hydrogen) atoms. The van der Waals surface area contributed by atoms with Crippen LogP contribution in [0.2, 0.25) is 0 Å². The Morgan fingerprint density at radius 1 is 0.657 bits per heavy atom. The summed E-state index contributed by atoms with van der Waals surface area (Å²) in [6, 6.07) is 25.9. The first-order chi connectivity index (χ1) is 17.2. The normalized spacial score (nSPS) is 12.3. The average Bonchev–Trinajstić information content (AvgIpc) is 3.21. The van der Waals surface area contributed by atoms with Crippen LogP contribution in [-0.2, 0) is 0 Å². The van der Waals surface area contributed by atoms with E-state index in [9.17, 15) is 10.5 Å². The van der Waals surface area contributed by atoms with Gasteiger partial charge in [0, 0.05) is 21.9 Å². The molecular formula is C28H12FN5O. The van der Waals surface area contributed by atoms with Crippen molar-refractivity contribution in [3.8, 4) is 46.2 Å². The SMILES string of the molecule is N#Cc1nc2c(nc1C#N)-c1ccc(N3c4ccccc4Oc4ccccc43)c3c(F)ccc-2c13. The van der Waals surface area contributed by atoms with Gasteiger partial charge in [-0.1, -0.05) is 24.3 Å². The van der Waals surface area contributed by atoms with Gasteiger partial charge in [-0.2, -0.15) is 10.5 Å². The Morgan fingerprint density at radius 2 is 1.20 bits per heavy atom. The van der Waals surface area contributed by atoms with Crippen LogP contribution in [0.4, 0.5) is 21.5 Å². The number of rotatable bonds is 1. The Balaban J connectivity index is 1.57. The number of benzene rings is 4. The number of anilines is 3. The highest BCUT2D eigenvalue weighted by molar-refractivity contribution is 6.18. The Kier molecular flexibility index (Phi) is 3.77. The molecule has 0 saturated carbocycles. The molecule has 0 bridgehead atoms. The van der Waals surface area contributed by atoms with Crippen molar-refractivity contribution in [2.75, 3.05) is 4.90 Å². The third-order valence-electron chi connectivity index (χ3n) is 6.38. The number of halogens is 1. The highest BCUT2D eigenvalue weighted by Crippen LogP contribution is 2.55. The van der Waals surface area contributed by atoms with E-state index < -0.39 is 5.82 Å². The molecule has 5 aromatic rings. The maximum Gasteiger partial charge on any atom is 0.177 e. The molecule has 0 N–H and O–H groups in total. The molecule has 7 rings (SSSR count). The van der Waals surface area contributed by atoms with E-state index in [2.05, 4.69) is 9.97 Å². The summed E-state index contributed by atoms with van der Waals surface area (Å²) in [6.07, 6.45) is 0. The third kappa shape index (κ3) is 2.49. The first-order valence-corrected chi connectivity index (χ1v) is 10.8. The first-order valence-electron chi connectivity index (χ1n) is 10.8. The van der Waals surface area contributed by atoms with Gasteiger partial charge in [-0.3, -0.25) is 0 Å². The van der Waals surface area contributed by atoms with Crippen molar-refractivity contribution in [1.82, 2.24) is 9.97 Å². The Bertz CT molecular complexity index is 1740. The van der Waals surface area contributed by atoms with Crippen LogP contribution in [0.3, 0.4) is 0 Å². The number of hydrogen-bond acceptors (Lipinski definition) is 6. The van der Waals surface area contributed by atoms with E-state index in [1.54, 1.807) is 6.07 Å². The fourth-order valence-corrected chi connectivity index (χ4v) is 4.95. The molecule has 2 aliphatic rings. The lowest BCUT2D eigenvalue weighted by Gasteiger charge is -2.33. The number of fused-ring (bicyclic) bond motifs is 5. The van der Waals surface area contributed by atoms with Gasteiger partial charge in [-0.15, -0.1) is 0 Å². The minimum absolute atomic E-state index is 0.0483. The van der Waals surface area contributed by atoms with Crippen molar-refractivity contribution in [1.29, 1.82) is 10.5 Å². The van der Waals surface area contributed by atoms with E-state index >= 15 is 4.39 Å². The van der Waals surface area contributed by atoms with Gasteiger partial charge in [-0.05, 0) is 48.5 Å². The minimum Gasteiger partial charge on any atom is -0.453 e. The molecular weight excluding hydrogens is 441 g/mol. The number of hydrogen-bond donors (Lipinski definition) is 0. The quantitative estimate of drug-likeness (QED) is 0.274. The van der Waals surface area contributed by atoms with E-state index in [4.69, 9.17) is 4.74 Å². The lowest BCUT2D eigenvalue weighted by Crippen LogP contribution is -2.16. The lowest BCUT2D eigenvalue weighted by atomic mass is 10.00. The molecule has 1 aromatic heterocycles. The number of aromatic nitrogens is 2. The second-order valence-corrected chi connectivity index (χ2v) is 8.19. The number of ether oxygens (including phenoxy) is 1. The van der Waals surface area contributed by atoms with Crippen LogP contribution in [-0.4, -0.2) is 9.97 Å². The maximum absolute atomic E-state index is 15.7. The van der Waals surface area contributed by atoms with Crippen LogP contribution >= 0.6 is 0 Å². The van der Waals surface area contributed by atoms with Gasteiger partial charge in [-0.25, -0.2) is 14.4 Å². The molecule has 2 heterocycles. The molecule has 1 aliphatic carbocycles. The zero-order valence-electron chi connectivity index (χ0n) is 18.0. The summed E-state index contributed by atoms with van der Waals surface area (Å²) in [6.45, 7) is 0. The predicted molar refractivity (Wildman–Crippen MR) is 128 cm³/mol. The molecule has 7 heteroatoms. The van der Waals surface area contributed by atoms with Gasteiger partial charge >= 0.3 is 0 Å². The highest BCUT2D eigenvalue weighted by atomic mass is 19.1. The fraction of sp³-hybridized carbons (Fsp3) is 0. The summed E-state index contributed by atoms with van der Waals surface area (Å²) in [5.41, 5.74) is 4.42. The summed E-state index contributed by atoms with van der Waals surface area (Å²) < 4.78 is 21.8. The number of nitrogens with zero attached hydrogens (tertiary/aromatic N) is 5. The van der Waals surface area contributed by atoms with E-state index in [1.165, 1.54) is 6.07 Å². The smallest absolute Gasteiger partial charge is 0.177 e. The lowest BCUT2D eigenvalue weighted by molar-refractivity contribution is 0.477. The summed E-state index contributed by atoms with van der Waals surface area (Å²) in [5.74, 6) is 0.938. The van der Waals surface area contributed by atoms with E-state index in [-0.39, 0.29) is 11.4 Å². The van der Waals surface area contributed by atoms with Crippen LogP contribution in [0.1, 0.15) is 11.4 Å².